The van der Waals surface area contributed by atoms with Gasteiger partial charge in [0.1, 0.15) is 6.10 Å². The van der Waals surface area contributed by atoms with Crippen molar-refractivity contribution in [3.8, 4) is 0 Å². The molecule has 74 valence electrons. The average Bonchev–Trinajstić information content (AvgIpc) is 2.50. The number of aromatic nitrogens is 3. The van der Waals surface area contributed by atoms with Crippen LogP contribution in [0.1, 0.15) is 25.6 Å². The average molecular weight is 184 g/mol. The zero-order valence-electron chi connectivity index (χ0n) is 8.44. The lowest BCUT2D eigenvalue weighted by molar-refractivity contribution is 0.0781. The van der Waals surface area contributed by atoms with E-state index in [2.05, 4.69) is 15.6 Å². The zero-order chi connectivity index (χ0) is 10.1. The van der Waals surface area contributed by atoms with E-state index >= 15 is 0 Å². The second-order valence-corrected chi connectivity index (χ2v) is 3.66. The van der Waals surface area contributed by atoms with Crippen molar-refractivity contribution in [3.05, 3.63) is 11.9 Å². The predicted molar refractivity (Wildman–Crippen MR) is 49.1 cm³/mol. The Labute approximate surface area is 77.8 Å². The molecule has 1 rings (SSSR count). The zero-order valence-corrected chi connectivity index (χ0v) is 8.44. The number of nitrogens with zero attached hydrogens (tertiary/aromatic N) is 3. The third-order valence-electron chi connectivity index (χ3n) is 2.36. The first-order valence-electron chi connectivity index (χ1n) is 4.20. The fraction of sp³-hybridized carbons (Fsp3) is 0.750. The minimum atomic E-state index is -0.613. The van der Waals surface area contributed by atoms with Crippen LogP contribution in [0, 0.1) is 0 Å². The Kier molecular flexibility index (Phi) is 2.68. The van der Waals surface area contributed by atoms with Gasteiger partial charge < -0.3 is 10.4 Å². The molecule has 0 aliphatic heterocycles. The van der Waals surface area contributed by atoms with Gasteiger partial charge in [0.05, 0.1) is 11.9 Å². The van der Waals surface area contributed by atoms with Crippen molar-refractivity contribution in [2.45, 2.75) is 25.5 Å². The van der Waals surface area contributed by atoms with Crippen LogP contribution in [0.3, 0.4) is 0 Å². The molecule has 0 saturated heterocycles. The van der Waals surface area contributed by atoms with E-state index < -0.39 is 6.10 Å². The highest BCUT2D eigenvalue weighted by molar-refractivity contribution is 5.06. The maximum Gasteiger partial charge on any atom is 0.115 e. The van der Waals surface area contributed by atoms with Crippen LogP contribution in [0.25, 0.3) is 0 Å². The van der Waals surface area contributed by atoms with E-state index in [1.54, 1.807) is 17.9 Å². The van der Waals surface area contributed by atoms with Gasteiger partial charge in [-0.3, -0.25) is 0 Å². The topological polar surface area (TPSA) is 63.0 Å². The summed E-state index contributed by atoms with van der Waals surface area (Å²) < 4.78 is 1.57. The van der Waals surface area contributed by atoms with Gasteiger partial charge in [-0.1, -0.05) is 5.21 Å². The summed E-state index contributed by atoms with van der Waals surface area (Å²) in [7, 11) is 3.57. The summed E-state index contributed by atoms with van der Waals surface area (Å²) in [6.07, 6.45) is 0.960. The van der Waals surface area contributed by atoms with Gasteiger partial charge in [-0.2, -0.15) is 0 Å². The molecule has 0 radical (unpaired) electrons. The number of aliphatic hydroxyl groups is 1. The van der Waals surface area contributed by atoms with Crippen molar-refractivity contribution in [1.29, 1.82) is 0 Å². The van der Waals surface area contributed by atoms with Crippen molar-refractivity contribution in [1.82, 2.24) is 20.3 Å². The van der Waals surface area contributed by atoms with Crippen molar-refractivity contribution in [2.24, 2.45) is 7.05 Å². The van der Waals surface area contributed by atoms with E-state index in [1.165, 1.54) is 0 Å². The molecule has 5 heteroatoms. The van der Waals surface area contributed by atoms with Crippen LogP contribution >= 0.6 is 0 Å². The number of hydrogen-bond donors (Lipinski definition) is 2. The monoisotopic (exact) mass is 184 g/mol. The minimum absolute atomic E-state index is 0.379. The molecular weight excluding hydrogens is 168 g/mol. The molecule has 0 saturated carbocycles. The van der Waals surface area contributed by atoms with Gasteiger partial charge >= 0.3 is 0 Å². The number of hydrogen-bond acceptors (Lipinski definition) is 4. The molecule has 1 unspecified atom stereocenters. The molecule has 0 aliphatic rings. The minimum Gasteiger partial charge on any atom is -0.385 e. The van der Waals surface area contributed by atoms with Crippen molar-refractivity contribution in [3.63, 3.8) is 0 Å². The Hall–Kier alpha value is -0.940. The highest BCUT2D eigenvalue weighted by Gasteiger charge is 2.29. The molecule has 13 heavy (non-hydrogen) atoms. The lowest BCUT2D eigenvalue weighted by Gasteiger charge is -2.29. The fourth-order valence-electron chi connectivity index (χ4n) is 1.05. The van der Waals surface area contributed by atoms with Gasteiger partial charge in [-0.25, -0.2) is 4.68 Å². The quantitative estimate of drug-likeness (QED) is 0.685. The van der Waals surface area contributed by atoms with Crippen LogP contribution < -0.4 is 5.32 Å². The standard InChI is InChI=1S/C8H16N4O/c1-8(2,9-3)7(13)6-5-10-11-12(6)4/h5,7,9,13H,1-4H3. The lowest BCUT2D eigenvalue weighted by Crippen LogP contribution is -2.43. The third-order valence-corrected chi connectivity index (χ3v) is 2.36. The summed E-state index contributed by atoms with van der Waals surface area (Å²) in [6.45, 7) is 3.84. The second kappa shape index (κ2) is 3.43. The first-order chi connectivity index (χ1) is 5.99. The van der Waals surface area contributed by atoms with Crippen LogP contribution in [-0.4, -0.2) is 32.7 Å². The van der Waals surface area contributed by atoms with E-state index in [1.807, 2.05) is 20.9 Å². The maximum absolute atomic E-state index is 9.95. The highest BCUT2D eigenvalue weighted by atomic mass is 16.3. The van der Waals surface area contributed by atoms with E-state index in [4.69, 9.17) is 0 Å². The molecule has 0 bridgehead atoms. The van der Waals surface area contributed by atoms with Crippen molar-refractivity contribution in [2.75, 3.05) is 7.05 Å². The third kappa shape index (κ3) is 1.87. The Balaban J connectivity index is 2.91. The molecule has 0 aromatic carbocycles. The Morgan fingerprint density at radius 2 is 2.23 bits per heavy atom. The van der Waals surface area contributed by atoms with Crippen LogP contribution in [0.2, 0.25) is 0 Å². The first kappa shape index (κ1) is 10.1. The van der Waals surface area contributed by atoms with Gasteiger partial charge in [-0.05, 0) is 20.9 Å². The van der Waals surface area contributed by atoms with E-state index in [9.17, 15) is 5.11 Å². The molecular formula is C8H16N4O. The summed E-state index contributed by atoms with van der Waals surface area (Å²) in [5.41, 5.74) is 0.328. The van der Waals surface area contributed by atoms with Crippen LogP contribution in [-0.2, 0) is 7.05 Å². The van der Waals surface area contributed by atoms with Crippen LogP contribution in [0.4, 0.5) is 0 Å². The molecule has 1 heterocycles. The van der Waals surface area contributed by atoms with Crippen LogP contribution in [0.15, 0.2) is 6.20 Å². The fourth-order valence-corrected chi connectivity index (χ4v) is 1.05. The van der Waals surface area contributed by atoms with Crippen molar-refractivity contribution < 1.29 is 5.11 Å². The smallest absolute Gasteiger partial charge is 0.115 e. The maximum atomic E-state index is 9.95. The summed E-state index contributed by atoms with van der Waals surface area (Å²) >= 11 is 0. The molecule has 0 fully saturated rings. The number of likely N-dealkylation sites (N-methyl/N-ethyl adjacent to an activating group) is 1. The van der Waals surface area contributed by atoms with Crippen LogP contribution in [0.5, 0.6) is 0 Å². The Morgan fingerprint density at radius 1 is 1.62 bits per heavy atom. The number of aliphatic hydroxyl groups excluding tert-OH is 1. The van der Waals surface area contributed by atoms with Gasteiger partial charge in [0.2, 0.25) is 0 Å². The molecule has 1 aromatic rings. The van der Waals surface area contributed by atoms with Gasteiger partial charge in [0.15, 0.2) is 0 Å². The highest BCUT2D eigenvalue weighted by Crippen LogP contribution is 2.23. The summed E-state index contributed by atoms with van der Waals surface area (Å²) in [5.74, 6) is 0. The molecule has 0 spiro atoms. The van der Waals surface area contributed by atoms with Crippen molar-refractivity contribution >= 4 is 0 Å². The number of aryl methyl sites for hydroxylation is 1. The molecule has 0 amide bonds. The summed E-state index contributed by atoms with van der Waals surface area (Å²) in [6, 6.07) is 0. The molecule has 1 aromatic heterocycles. The van der Waals surface area contributed by atoms with Gasteiger partial charge in [0.25, 0.3) is 0 Å². The van der Waals surface area contributed by atoms with E-state index in [0.29, 0.717) is 5.69 Å². The summed E-state index contributed by atoms with van der Waals surface area (Å²) in [5, 5.41) is 20.5. The van der Waals surface area contributed by atoms with E-state index in [0.717, 1.165) is 0 Å². The number of rotatable bonds is 3. The molecule has 5 nitrogen and oxygen atoms in total. The summed E-state index contributed by atoms with van der Waals surface area (Å²) in [4.78, 5) is 0. The SMILES string of the molecule is CNC(C)(C)C(O)c1cnnn1C. The molecule has 1 atom stereocenters. The normalized spacial score (nSPS) is 14.5. The lowest BCUT2D eigenvalue weighted by atomic mass is 9.95. The largest absolute Gasteiger partial charge is 0.385 e. The predicted octanol–water partition coefficient (Wildman–Crippen LogP) is -0.154. The van der Waals surface area contributed by atoms with E-state index in [-0.39, 0.29) is 5.54 Å². The Bertz CT molecular complexity index is 281. The second-order valence-electron chi connectivity index (χ2n) is 3.66. The number of nitrogens with one attached hydrogen (secondary N) is 1. The molecule has 2 N–H and O–H groups in total. The first-order valence-corrected chi connectivity index (χ1v) is 4.20. The van der Waals surface area contributed by atoms with Gasteiger partial charge in [0, 0.05) is 12.6 Å². The van der Waals surface area contributed by atoms with Gasteiger partial charge in [-0.15, -0.1) is 5.10 Å². The Morgan fingerprint density at radius 3 is 2.62 bits per heavy atom. The molecule has 0 aliphatic carbocycles.